The van der Waals surface area contributed by atoms with Crippen LogP contribution in [0.2, 0.25) is 0 Å². The van der Waals surface area contributed by atoms with Gasteiger partial charge in [-0.1, -0.05) is 19.9 Å². The summed E-state index contributed by atoms with van der Waals surface area (Å²) in [5.74, 6) is -2.06. The summed E-state index contributed by atoms with van der Waals surface area (Å²) in [6.07, 6.45) is 0.405. The number of carbonyl (C=O) groups excluding carboxylic acids is 1. The van der Waals surface area contributed by atoms with Gasteiger partial charge in [-0.25, -0.2) is 9.18 Å². The van der Waals surface area contributed by atoms with E-state index in [1.54, 1.807) is 19.9 Å². The minimum Gasteiger partial charge on any atom is -0.494 e. The van der Waals surface area contributed by atoms with Gasteiger partial charge in [-0.3, -0.25) is 4.79 Å². The summed E-state index contributed by atoms with van der Waals surface area (Å²) in [6, 6.07) is 4.48. The predicted molar refractivity (Wildman–Crippen MR) is 80.3 cm³/mol. The lowest BCUT2D eigenvalue weighted by atomic mass is 9.88. The van der Waals surface area contributed by atoms with Crippen LogP contribution in [0.1, 0.15) is 32.8 Å². The Kier molecular flexibility index (Phi) is 5.91. The van der Waals surface area contributed by atoms with E-state index in [2.05, 4.69) is 5.32 Å². The lowest BCUT2D eigenvalue weighted by molar-refractivity contribution is -0.148. The molecule has 1 atom stereocenters. The highest BCUT2D eigenvalue weighted by Gasteiger charge is 2.37. The number of methoxy groups -OCH3 is 1. The van der Waals surface area contributed by atoms with Crippen molar-refractivity contribution in [3.63, 3.8) is 0 Å². The molecule has 22 heavy (non-hydrogen) atoms. The Morgan fingerprint density at radius 3 is 2.50 bits per heavy atom. The third-order valence-corrected chi connectivity index (χ3v) is 3.86. The first-order valence-electron chi connectivity index (χ1n) is 7.07. The first-order chi connectivity index (χ1) is 10.2. The standard InChI is InChI=1S/C16H22FNO4/c1-10(2)16(3,15(20)21)18-14(19)8-6-11-5-7-13(22-4)12(17)9-11/h5,7,9-10H,6,8H2,1-4H3,(H,18,19)(H,20,21)/t16-/m0/s1. The lowest BCUT2D eigenvalue weighted by Crippen LogP contribution is -2.55. The second kappa shape index (κ2) is 7.24. The van der Waals surface area contributed by atoms with Gasteiger partial charge in [0.05, 0.1) is 7.11 Å². The number of hydrogen-bond acceptors (Lipinski definition) is 3. The maximum Gasteiger partial charge on any atom is 0.329 e. The fraction of sp³-hybridized carbons (Fsp3) is 0.500. The highest BCUT2D eigenvalue weighted by molar-refractivity contribution is 5.87. The zero-order valence-corrected chi connectivity index (χ0v) is 13.3. The molecular formula is C16H22FNO4. The van der Waals surface area contributed by atoms with Crippen molar-refractivity contribution in [1.82, 2.24) is 5.32 Å². The first kappa shape index (κ1) is 17.9. The van der Waals surface area contributed by atoms with Crippen molar-refractivity contribution in [3.8, 4) is 5.75 Å². The van der Waals surface area contributed by atoms with E-state index in [0.717, 1.165) is 0 Å². The van der Waals surface area contributed by atoms with Crippen LogP contribution in [0.4, 0.5) is 4.39 Å². The molecule has 122 valence electrons. The first-order valence-corrected chi connectivity index (χ1v) is 7.07. The Balaban J connectivity index is 2.66. The number of aryl methyl sites for hydroxylation is 1. The quantitative estimate of drug-likeness (QED) is 0.810. The van der Waals surface area contributed by atoms with E-state index < -0.39 is 17.3 Å². The van der Waals surface area contributed by atoms with Crippen molar-refractivity contribution < 1.29 is 23.8 Å². The van der Waals surface area contributed by atoms with E-state index in [1.807, 2.05) is 0 Å². The van der Waals surface area contributed by atoms with Gasteiger partial charge in [0.2, 0.25) is 5.91 Å². The van der Waals surface area contributed by atoms with Crippen LogP contribution in [-0.4, -0.2) is 29.6 Å². The molecule has 2 N–H and O–H groups in total. The van der Waals surface area contributed by atoms with Crippen molar-refractivity contribution in [1.29, 1.82) is 0 Å². The lowest BCUT2D eigenvalue weighted by Gasteiger charge is -2.30. The Morgan fingerprint density at radius 2 is 2.05 bits per heavy atom. The number of halogens is 1. The minimum atomic E-state index is -1.32. The molecule has 5 nitrogen and oxygen atoms in total. The molecule has 1 rings (SSSR count). The van der Waals surface area contributed by atoms with Crippen LogP contribution in [0.15, 0.2) is 18.2 Å². The molecule has 0 saturated carbocycles. The molecule has 0 saturated heterocycles. The zero-order valence-electron chi connectivity index (χ0n) is 13.3. The van der Waals surface area contributed by atoms with Crippen LogP contribution >= 0.6 is 0 Å². The van der Waals surface area contributed by atoms with Crippen LogP contribution < -0.4 is 10.1 Å². The molecule has 0 spiro atoms. The molecule has 1 aromatic rings. The van der Waals surface area contributed by atoms with E-state index >= 15 is 0 Å². The van der Waals surface area contributed by atoms with E-state index in [0.29, 0.717) is 12.0 Å². The Bertz CT molecular complexity index is 559. The summed E-state index contributed by atoms with van der Waals surface area (Å²) < 4.78 is 18.4. The molecule has 0 aliphatic carbocycles. The summed E-state index contributed by atoms with van der Waals surface area (Å²) in [6.45, 7) is 4.94. The average molecular weight is 311 g/mol. The zero-order chi connectivity index (χ0) is 16.9. The number of rotatable bonds is 7. The van der Waals surface area contributed by atoms with Gasteiger partial charge in [-0.05, 0) is 37.0 Å². The summed E-state index contributed by atoms with van der Waals surface area (Å²) >= 11 is 0. The van der Waals surface area contributed by atoms with Crippen molar-refractivity contribution in [3.05, 3.63) is 29.6 Å². The molecule has 1 aromatic carbocycles. The second-order valence-corrected chi connectivity index (χ2v) is 5.68. The summed E-state index contributed by atoms with van der Waals surface area (Å²) in [5, 5.41) is 11.8. The molecule has 0 radical (unpaired) electrons. The number of carboxylic acids is 1. The van der Waals surface area contributed by atoms with Crippen LogP contribution in [0, 0.1) is 11.7 Å². The molecule has 0 aliphatic rings. The van der Waals surface area contributed by atoms with Gasteiger partial charge >= 0.3 is 5.97 Å². The predicted octanol–water partition coefficient (Wildman–Crippen LogP) is 2.38. The second-order valence-electron chi connectivity index (χ2n) is 5.68. The molecule has 1 amide bonds. The normalized spacial score (nSPS) is 13.5. The van der Waals surface area contributed by atoms with Gasteiger partial charge in [0, 0.05) is 6.42 Å². The van der Waals surface area contributed by atoms with Crippen molar-refractivity contribution in [2.45, 2.75) is 39.2 Å². The van der Waals surface area contributed by atoms with E-state index in [4.69, 9.17) is 4.74 Å². The number of carbonyl (C=O) groups is 2. The fourth-order valence-corrected chi connectivity index (χ4v) is 1.92. The van der Waals surface area contributed by atoms with Crippen LogP contribution in [0.3, 0.4) is 0 Å². The van der Waals surface area contributed by atoms with Crippen LogP contribution in [-0.2, 0) is 16.0 Å². The Morgan fingerprint density at radius 1 is 1.41 bits per heavy atom. The molecule has 0 heterocycles. The molecule has 6 heteroatoms. The van der Waals surface area contributed by atoms with E-state index in [9.17, 15) is 19.1 Å². The van der Waals surface area contributed by atoms with Gasteiger partial charge in [0.1, 0.15) is 5.54 Å². The number of ether oxygens (including phenoxy) is 1. The summed E-state index contributed by atoms with van der Waals surface area (Å²) in [7, 11) is 1.38. The largest absolute Gasteiger partial charge is 0.494 e. The van der Waals surface area contributed by atoms with Gasteiger partial charge < -0.3 is 15.2 Å². The number of carboxylic acid groups (broad SMARTS) is 1. The molecule has 0 aromatic heterocycles. The number of hydrogen-bond donors (Lipinski definition) is 2. The van der Waals surface area contributed by atoms with Gasteiger partial charge in [-0.15, -0.1) is 0 Å². The summed E-state index contributed by atoms with van der Waals surface area (Å²) in [4.78, 5) is 23.3. The third-order valence-electron chi connectivity index (χ3n) is 3.86. The Labute approximate surface area is 129 Å². The van der Waals surface area contributed by atoms with Crippen molar-refractivity contribution in [2.24, 2.45) is 5.92 Å². The average Bonchev–Trinajstić information content (AvgIpc) is 2.44. The molecule has 0 bridgehead atoms. The van der Waals surface area contributed by atoms with Crippen molar-refractivity contribution in [2.75, 3.05) is 7.11 Å². The molecule has 0 fully saturated rings. The fourth-order valence-electron chi connectivity index (χ4n) is 1.92. The van der Waals surface area contributed by atoms with E-state index in [-0.39, 0.29) is 24.0 Å². The van der Waals surface area contributed by atoms with Gasteiger partial charge in [0.25, 0.3) is 0 Å². The monoisotopic (exact) mass is 311 g/mol. The topological polar surface area (TPSA) is 75.6 Å². The Hall–Kier alpha value is -2.11. The molecule has 0 aliphatic heterocycles. The van der Waals surface area contributed by atoms with Gasteiger partial charge in [-0.2, -0.15) is 0 Å². The highest BCUT2D eigenvalue weighted by atomic mass is 19.1. The van der Waals surface area contributed by atoms with Crippen LogP contribution in [0.5, 0.6) is 5.75 Å². The minimum absolute atomic E-state index is 0.0847. The van der Waals surface area contributed by atoms with Gasteiger partial charge in [0.15, 0.2) is 11.6 Å². The number of benzene rings is 1. The molecule has 0 unspecified atom stereocenters. The highest BCUT2D eigenvalue weighted by Crippen LogP contribution is 2.19. The maximum absolute atomic E-state index is 13.6. The molecular weight excluding hydrogens is 289 g/mol. The SMILES string of the molecule is COc1ccc(CCC(=O)N[C@](C)(C(=O)O)C(C)C)cc1F. The number of amides is 1. The third kappa shape index (κ3) is 4.19. The summed E-state index contributed by atoms with van der Waals surface area (Å²) in [5.41, 5.74) is -0.669. The smallest absolute Gasteiger partial charge is 0.329 e. The maximum atomic E-state index is 13.6. The number of nitrogens with one attached hydrogen (secondary N) is 1. The number of aliphatic carboxylic acids is 1. The van der Waals surface area contributed by atoms with Crippen LogP contribution in [0.25, 0.3) is 0 Å². The van der Waals surface area contributed by atoms with Crippen molar-refractivity contribution >= 4 is 11.9 Å². The van der Waals surface area contributed by atoms with E-state index in [1.165, 1.54) is 26.2 Å².